The highest BCUT2D eigenvalue weighted by Gasteiger charge is 2.32. The van der Waals surface area contributed by atoms with Crippen LogP contribution in [0.1, 0.15) is 51.0 Å². The predicted molar refractivity (Wildman–Crippen MR) is 113 cm³/mol. The molecule has 3 amide bonds. The number of pyridine rings is 1. The fourth-order valence-corrected chi connectivity index (χ4v) is 4.31. The van der Waals surface area contributed by atoms with E-state index in [1.54, 1.807) is 12.4 Å². The number of piperidine rings is 2. The molecule has 7 nitrogen and oxygen atoms in total. The molecule has 160 valence electrons. The summed E-state index contributed by atoms with van der Waals surface area (Å²) in [6, 6.07) is 4.42. The first-order valence-electron chi connectivity index (χ1n) is 11.1. The van der Waals surface area contributed by atoms with Gasteiger partial charge in [-0.25, -0.2) is 4.79 Å². The Hall–Kier alpha value is -2.15. The maximum absolute atomic E-state index is 12.6. The van der Waals surface area contributed by atoms with Gasteiger partial charge in [-0.1, -0.05) is 19.4 Å². The summed E-state index contributed by atoms with van der Waals surface area (Å²) >= 11 is 0. The van der Waals surface area contributed by atoms with Crippen molar-refractivity contribution in [3.05, 3.63) is 30.1 Å². The lowest BCUT2D eigenvalue weighted by atomic mass is 9.93. The molecule has 2 N–H and O–H groups in total. The van der Waals surface area contributed by atoms with Gasteiger partial charge in [-0.3, -0.25) is 14.7 Å². The highest BCUT2D eigenvalue weighted by molar-refractivity contribution is 5.79. The van der Waals surface area contributed by atoms with E-state index in [1.807, 2.05) is 17.0 Å². The number of carbonyl (C=O) groups excluding carboxylic acids is 2. The Bertz CT molecular complexity index is 646. The van der Waals surface area contributed by atoms with Gasteiger partial charge < -0.3 is 15.5 Å². The number of rotatable bonds is 7. The third-order valence-corrected chi connectivity index (χ3v) is 6.09. The smallest absolute Gasteiger partial charge is 0.317 e. The highest BCUT2D eigenvalue weighted by atomic mass is 16.2. The summed E-state index contributed by atoms with van der Waals surface area (Å²) in [5.41, 5.74) is 1.03. The number of likely N-dealkylation sites (tertiary alicyclic amines) is 2. The van der Waals surface area contributed by atoms with Gasteiger partial charge in [0.15, 0.2) is 0 Å². The van der Waals surface area contributed by atoms with Gasteiger partial charge >= 0.3 is 6.03 Å². The summed E-state index contributed by atoms with van der Waals surface area (Å²) in [5, 5.41) is 6.08. The molecule has 3 rings (SSSR count). The quantitative estimate of drug-likeness (QED) is 0.688. The second-order valence-electron chi connectivity index (χ2n) is 8.22. The largest absolute Gasteiger partial charge is 0.352 e. The number of carbonyl (C=O) groups is 2. The molecule has 0 bridgehead atoms. The van der Waals surface area contributed by atoms with Crippen LogP contribution >= 0.6 is 0 Å². The van der Waals surface area contributed by atoms with Crippen molar-refractivity contribution in [2.75, 3.05) is 32.7 Å². The number of hydrogen-bond donors (Lipinski definition) is 2. The summed E-state index contributed by atoms with van der Waals surface area (Å²) in [4.78, 5) is 33.4. The van der Waals surface area contributed by atoms with Crippen LogP contribution in [0, 0.1) is 5.92 Å². The van der Waals surface area contributed by atoms with E-state index >= 15 is 0 Å². The van der Waals surface area contributed by atoms with Crippen LogP contribution in [0.2, 0.25) is 0 Å². The van der Waals surface area contributed by atoms with Crippen LogP contribution < -0.4 is 10.6 Å². The molecule has 0 radical (unpaired) electrons. The van der Waals surface area contributed by atoms with Gasteiger partial charge in [0, 0.05) is 51.2 Å². The molecule has 0 spiro atoms. The molecule has 2 saturated heterocycles. The standard InChI is InChI=1S/C22H35N5O2/c1-2-3-11-24-22(29)26-13-8-20(9-14-26)27-12-5-7-19(17-27)21(28)25-16-18-6-4-10-23-15-18/h4,6,10,15,19-20H,2-3,5,7-9,11-14,16-17H2,1H3,(H,24,29)(H,25,28). The molecule has 1 atom stereocenters. The number of hydrogen-bond acceptors (Lipinski definition) is 4. The molecule has 1 unspecified atom stereocenters. The van der Waals surface area contributed by atoms with Crippen LogP contribution in [0.3, 0.4) is 0 Å². The van der Waals surface area contributed by atoms with Gasteiger partial charge in [-0.2, -0.15) is 0 Å². The molecule has 2 fully saturated rings. The number of nitrogens with zero attached hydrogens (tertiary/aromatic N) is 3. The van der Waals surface area contributed by atoms with E-state index in [4.69, 9.17) is 0 Å². The SMILES string of the molecule is CCCCNC(=O)N1CCC(N2CCCC(C(=O)NCc3cccnc3)C2)CC1. The van der Waals surface area contributed by atoms with Crippen molar-refractivity contribution in [2.24, 2.45) is 5.92 Å². The second-order valence-corrected chi connectivity index (χ2v) is 8.22. The van der Waals surface area contributed by atoms with Crippen molar-refractivity contribution in [3.63, 3.8) is 0 Å². The topological polar surface area (TPSA) is 77.6 Å². The molecule has 0 aliphatic carbocycles. The van der Waals surface area contributed by atoms with Gasteiger partial charge in [0.1, 0.15) is 0 Å². The minimum Gasteiger partial charge on any atom is -0.352 e. The maximum Gasteiger partial charge on any atom is 0.317 e. The summed E-state index contributed by atoms with van der Waals surface area (Å²) in [6.07, 6.45) is 9.64. The van der Waals surface area contributed by atoms with Crippen LogP contribution in [0.4, 0.5) is 4.79 Å². The molecular formula is C22H35N5O2. The Balaban J connectivity index is 1.41. The maximum atomic E-state index is 12.6. The highest BCUT2D eigenvalue weighted by Crippen LogP contribution is 2.24. The van der Waals surface area contributed by atoms with Gasteiger partial charge in [-0.05, 0) is 50.3 Å². The van der Waals surface area contributed by atoms with E-state index in [9.17, 15) is 9.59 Å². The van der Waals surface area contributed by atoms with E-state index in [2.05, 4.69) is 27.4 Å². The van der Waals surface area contributed by atoms with Crippen LogP contribution in [-0.2, 0) is 11.3 Å². The molecule has 3 heterocycles. The third-order valence-electron chi connectivity index (χ3n) is 6.09. The van der Waals surface area contributed by atoms with E-state index in [1.165, 1.54) is 0 Å². The van der Waals surface area contributed by atoms with Crippen molar-refractivity contribution in [2.45, 2.75) is 58.0 Å². The second kappa shape index (κ2) is 11.1. The zero-order valence-electron chi connectivity index (χ0n) is 17.6. The first-order chi connectivity index (χ1) is 14.2. The summed E-state index contributed by atoms with van der Waals surface area (Å²) in [6.45, 7) is 6.91. The third kappa shape index (κ3) is 6.42. The van der Waals surface area contributed by atoms with Crippen LogP contribution in [0.15, 0.2) is 24.5 Å². The van der Waals surface area contributed by atoms with Crippen molar-refractivity contribution in [1.29, 1.82) is 0 Å². The molecule has 2 aliphatic rings. The average Bonchev–Trinajstić information content (AvgIpc) is 2.78. The average molecular weight is 402 g/mol. The van der Waals surface area contributed by atoms with E-state index in [-0.39, 0.29) is 17.9 Å². The lowest BCUT2D eigenvalue weighted by molar-refractivity contribution is -0.127. The normalized spacial score (nSPS) is 21.0. The molecule has 29 heavy (non-hydrogen) atoms. The number of amides is 3. The zero-order chi connectivity index (χ0) is 20.5. The first-order valence-corrected chi connectivity index (χ1v) is 11.1. The van der Waals surface area contributed by atoms with Gasteiger partial charge in [-0.15, -0.1) is 0 Å². The van der Waals surface area contributed by atoms with Crippen molar-refractivity contribution in [3.8, 4) is 0 Å². The van der Waals surface area contributed by atoms with Crippen LogP contribution in [0.25, 0.3) is 0 Å². The predicted octanol–water partition coefficient (Wildman–Crippen LogP) is 2.38. The van der Waals surface area contributed by atoms with E-state index in [0.717, 1.165) is 76.8 Å². The zero-order valence-corrected chi connectivity index (χ0v) is 17.6. The van der Waals surface area contributed by atoms with E-state index < -0.39 is 0 Å². The fraction of sp³-hybridized carbons (Fsp3) is 0.682. The fourth-order valence-electron chi connectivity index (χ4n) is 4.31. The van der Waals surface area contributed by atoms with Gasteiger partial charge in [0.05, 0.1) is 5.92 Å². The number of nitrogens with one attached hydrogen (secondary N) is 2. The summed E-state index contributed by atoms with van der Waals surface area (Å²) < 4.78 is 0. The van der Waals surface area contributed by atoms with Crippen molar-refractivity contribution < 1.29 is 9.59 Å². The molecule has 1 aromatic rings. The monoisotopic (exact) mass is 401 g/mol. The molecule has 1 aromatic heterocycles. The Kier molecular flexibility index (Phi) is 8.28. The molecule has 2 aliphatic heterocycles. The summed E-state index contributed by atoms with van der Waals surface area (Å²) in [5.74, 6) is 0.196. The minimum absolute atomic E-state index is 0.0517. The first kappa shape index (κ1) is 21.6. The number of unbranched alkanes of at least 4 members (excludes halogenated alkanes) is 1. The molecule has 7 heteroatoms. The lowest BCUT2D eigenvalue weighted by Crippen LogP contribution is -2.52. The summed E-state index contributed by atoms with van der Waals surface area (Å²) in [7, 11) is 0. The Morgan fingerprint density at radius 3 is 2.72 bits per heavy atom. The number of aromatic nitrogens is 1. The Morgan fingerprint density at radius 2 is 2.00 bits per heavy atom. The van der Waals surface area contributed by atoms with Gasteiger partial charge in [0.2, 0.25) is 5.91 Å². The minimum atomic E-state index is 0.0517. The Morgan fingerprint density at radius 1 is 1.17 bits per heavy atom. The van der Waals surface area contributed by atoms with Crippen molar-refractivity contribution >= 4 is 11.9 Å². The molecule has 0 saturated carbocycles. The van der Waals surface area contributed by atoms with Crippen LogP contribution in [-0.4, -0.2) is 65.5 Å². The van der Waals surface area contributed by atoms with E-state index in [0.29, 0.717) is 12.6 Å². The Labute approximate surface area is 174 Å². The number of urea groups is 1. The lowest BCUT2D eigenvalue weighted by Gasteiger charge is -2.42. The molecular weight excluding hydrogens is 366 g/mol. The molecule has 0 aromatic carbocycles. The van der Waals surface area contributed by atoms with Crippen molar-refractivity contribution in [1.82, 2.24) is 25.4 Å². The van der Waals surface area contributed by atoms with Gasteiger partial charge in [0.25, 0.3) is 0 Å². The van der Waals surface area contributed by atoms with Crippen LogP contribution in [0.5, 0.6) is 0 Å².